The second kappa shape index (κ2) is 10.8. The van der Waals surface area contributed by atoms with Crippen LogP contribution in [0, 0.1) is 6.85 Å². The quantitative estimate of drug-likeness (QED) is 0.193. The van der Waals surface area contributed by atoms with E-state index in [1.165, 1.54) is 0 Å². The maximum Gasteiger partial charge on any atom is 0.137 e. The first-order valence-corrected chi connectivity index (χ1v) is 15.1. The molecule has 45 heavy (non-hydrogen) atoms. The van der Waals surface area contributed by atoms with Crippen molar-refractivity contribution in [2.75, 3.05) is 15.0 Å². The van der Waals surface area contributed by atoms with E-state index >= 15 is 0 Å². The average Bonchev–Trinajstić information content (AvgIpc) is 3.65. The van der Waals surface area contributed by atoms with Gasteiger partial charge in [0.2, 0.25) is 0 Å². The first kappa shape index (κ1) is 23.8. The number of hydrogen-bond acceptors (Lipinski definition) is 5. The van der Waals surface area contributed by atoms with E-state index in [0.29, 0.717) is 5.82 Å². The van der Waals surface area contributed by atoms with Gasteiger partial charge in [-0.3, -0.25) is 4.57 Å². The fraction of sp³-hybridized carbons (Fsp3) is 0.103. The summed E-state index contributed by atoms with van der Waals surface area (Å²) in [6.45, 7) is 1.97. The van der Waals surface area contributed by atoms with Gasteiger partial charge in [-0.25, -0.2) is 10.0 Å². The van der Waals surface area contributed by atoms with Crippen molar-refractivity contribution in [2.24, 2.45) is 0 Å². The lowest BCUT2D eigenvalue weighted by Gasteiger charge is -2.27. The summed E-state index contributed by atoms with van der Waals surface area (Å²) in [6.07, 6.45) is 1.57. The first-order chi connectivity index (χ1) is 23.3. The van der Waals surface area contributed by atoms with E-state index in [9.17, 15) is 0 Å². The summed E-state index contributed by atoms with van der Waals surface area (Å²) in [7, 11) is 0. The summed E-state index contributed by atoms with van der Waals surface area (Å²) >= 11 is 0. The van der Waals surface area contributed by atoms with Gasteiger partial charge in [-0.05, 0) is 99.1 Å². The molecule has 0 bridgehead atoms. The Hall–Kier alpha value is -5.59. The number of anilines is 6. The standard InChI is InChI=1S/C39H33N5O/c1-27(2)43-36-18-9-10-19-37(36)44(45-43)32-15-11-14-30(25-32)41(29-12-5-4-6-13-29)31-20-21-34-33-16-7-8-17-35(33)42(38(34)26-31)39-24-28(3)22-23-40-39/h4-27H,1-3H3/i3D3. The average molecular weight is 591 g/mol. The Kier molecular flexibility index (Phi) is 5.74. The van der Waals surface area contributed by atoms with Crippen LogP contribution in [0.4, 0.5) is 34.1 Å². The Morgan fingerprint density at radius 1 is 0.667 bits per heavy atom. The van der Waals surface area contributed by atoms with E-state index < -0.39 is 6.85 Å². The van der Waals surface area contributed by atoms with Crippen molar-refractivity contribution < 1.29 is 9.05 Å². The molecule has 0 atom stereocenters. The molecule has 0 radical (unpaired) electrons. The van der Waals surface area contributed by atoms with Crippen molar-refractivity contribution in [2.45, 2.75) is 26.7 Å². The number of hydroxylamine groups is 1. The molecule has 0 fully saturated rings. The topological polar surface area (TPSA) is 36.8 Å². The number of para-hydroxylation sites is 4. The Morgan fingerprint density at radius 3 is 2.24 bits per heavy atom. The lowest BCUT2D eigenvalue weighted by Crippen LogP contribution is -2.31. The molecule has 0 N–H and O–H groups in total. The van der Waals surface area contributed by atoms with Crippen molar-refractivity contribution in [3.63, 3.8) is 0 Å². The molecule has 6 nitrogen and oxygen atoms in total. The van der Waals surface area contributed by atoms with Crippen LogP contribution in [0.15, 0.2) is 140 Å². The van der Waals surface area contributed by atoms with Gasteiger partial charge >= 0.3 is 0 Å². The normalized spacial score (nSPS) is 14.1. The van der Waals surface area contributed by atoms with Crippen LogP contribution in [0.5, 0.6) is 0 Å². The monoisotopic (exact) mass is 590 g/mol. The molecular weight excluding hydrogens is 554 g/mol. The molecule has 0 saturated heterocycles. The molecular formula is C39H33N5O. The van der Waals surface area contributed by atoms with Crippen LogP contribution in [0.2, 0.25) is 0 Å². The Morgan fingerprint density at radius 2 is 1.40 bits per heavy atom. The van der Waals surface area contributed by atoms with E-state index in [-0.39, 0.29) is 11.6 Å². The molecule has 7 aromatic rings. The molecule has 0 spiro atoms. The van der Waals surface area contributed by atoms with Gasteiger partial charge in [-0.2, -0.15) is 5.06 Å². The predicted molar refractivity (Wildman–Crippen MR) is 185 cm³/mol. The Balaban J connectivity index is 1.30. The number of rotatable bonds is 6. The molecule has 2 aromatic heterocycles. The Bertz CT molecular complexity index is 2280. The number of benzene rings is 5. The van der Waals surface area contributed by atoms with Gasteiger partial charge < -0.3 is 4.90 Å². The largest absolute Gasteiger partial charge is 0.310 e. The molecule has 8 rings (SSSR count). The molecule has 0 saturated carbocycles. The summed E-state index contributed by atoms with van der Waals surface area (Å²) in [5.41, 5.74) is 7.90. The van der Waals surface area contributed by atoms with Gasteiger partial charge in [0.1, 0.15) is 5.82 Å². The van der Waals surface area contributed by atoms with Gasteiger partial charge in [0.05, 0.1) is 34.1 Å². The number of hydrogen-bond donors (Lipinski definition) is 0. The minimum Gasteiger partial charge on any atom is -0.310 e. The predicted octanol–water partition coefficient (Wildman–Crippen LogP) is 10.2. The van der Waals surface area contributed by atoms with E-state index in [1.807, 2.05) is 64.7 Å². The molecule has 1 aliphatic rings. The Labute approximate surface area is 267 Å². The van der Waals surface area contributed by atoms with Gasteiger partial charge in [-0.15, -0.1) is 4.94 Å². The zero-order valence-corrected chi connectivity index (χ0v) is 25.0. The van der Waals surface area contributed by atoms with Crippen LogP contribution in [0.25, 0.3) is 27.6 Å². The highest BCUT2D eigenvalue weighted by atomic mass is 16.8. The molecule has 6 heteroatoms. The van der Waals surface area contributed by atoms with Crippen molar-refractivity contribution in [1.82, 2.24) is 9.55 Å². The minimum atomic E-state index is -2.25. The lowest BCUT2D eigenvalue weighted by atomic mass is 10.1. The van der Waals surface area contributed by atoms with Crippen LogP contribution in [-0.2, 0) is 4.94 Å². The van der Waals surface area contributed by atoms with Gasteiger partial charge in [0.15, 0.2) is 0 Å². The summed E-state index contributed by atoms with van der Waals surface area (Å²) in [4.78, 5) is 13.3. The lowest BCUT2D eigenvalue weighted by molar-refractivity contribution is 0.113. The number of aromatic nitrogens is 2. The summed E-state index contributed by atoms with van der Waals surface area (Å²) in [5, 5.41) is 5.92. The summed E-state index contributed by atoms with van der Waals surface area (Å²) < 4.78 is 26.1. The van der Waals surface area contributed by atoms with Crippen molar-refractivity contribution in [1.29, 1.82) is 0 Å². The van der Waals surface area contributed by atoms with Crippen LogP contribution in [-0.4, -0.2) is 15.6 Å². The van der Waals surface area contributed by atoms with Crippen molar-refractivity contribution in [3.8, 4) is 5.82 Å². The smallest absolute Gasteiger partial charge is 0.137 e. The SMILES string of the molecule is [2H]C([2H])([2H])c1ccnc(-n2c3ccccc3c3ccc(N(c4ccccc4)c4cccc(N5ON(C(C)C)c6ccccc65)c4)cc32)c1. The third-order valence-electron chi connectivity index (χ3n) is 8.20. The molecule has 220 valence electrons. The highest BCUT2D eigenvalue weighted by molar-refractivity contribution is 6.10. The fourth-order valence-electron chi connectivity index (χ4n) is 6.23. The summed E-state index contributed by atoms with van der Waals surface area (Å²) in [5.74, 6) is 0.555. The third kappa shape index (κ3) is 4.58. The van der Waals surface area contributed by atoms with Gasteiger partial charge in [0.25, 0.3) is 0 Å². The molecule has 3 heterocycles. The van der Waals surface area contributed by atoms with E-state index in [0.717, 1.165) is 55.9 Å². The second-order valence-corrected chi connectivity index (χ2v) is 11.4. The highest BCUT2D eigenvalue weighted by Crippen LogP contribution is 2.45. The van der Waals surface area contributed by atoms with Gasteiger partial charge in [-0.1, -0.05) is 60.7 Å². The summed E-state index contributed by atoms with van der Waals surface area (Å²) in [6, 6.07) is 44.7. The van der Waals surface area contributed by atoms with E-state index in [4.69, 9.17) is 9.05 Å². The van der Waals surface area contributed by atoms with Crippen molar-refractivity contribution >= 4 is 55.9 Å². The van der Waals surface area contributed by atoms with E-state index in [2.05, 4.69) is 95.0 Å². The number of pyridine rings is 1. The fourth-order valence-corrected chi connectivity index (χ4v) is 6.23. The second-order valence-electron chi connectivity index (χ2n) is 11.4. The molecule has 0 unspecified atom stereocenters. The molecule has 0 aliphatic carbocycles. The maximum absolute atomic E-state index is 8.03. The van der Waals surface area contributed by atoms with Crippen LogP contribution < -0.4 is 15.0 Å². The third-order valence-corrected chi connectivity index (χ3v) is 8.20. The zero-order valence-electron chi connectivity index (χ0n) is 28.0. The first-order valence-electron chi connectivity index (χ1n) is 16.6. The number of fused-ring (bicyclic) bond motifs is 4. The molecule has 0 amide bonds. The zero-order chi connectivity index (χ0) is 33.0. The van der Waals surface area contributed by atoms with Crippen LogP contribution in [0.3, 0.4) is 0 Å². The number of aryl methyl sites for hydroxylation is 1. The molecule has 5 aromatic carbocycles. The van der Waals surface area contributed by atoms with E-state index in [1.54, 1.807) is 18.3 Å². The highest BCUT2D eigenvalue weighted by Gasteiger charge is 2.31. The van der Waals surface area contributed by atoms with Gasteiger partial charge in [0, 0.05) is 38.1 Å². The maximum atomic E-state index is 8.03. The van der Waals surface area contributed by atoms with Crippen molar-refractivity contribution in [3.05, 3.63) is 145 Å². The minimum absolute atomic E-state index is 0.147. The van der Waals surface area contributed by atoms with Crippen LogP contribution in [0.1, 0.15) is 23.5 Å². The van der Waals surface area contributed by atoms with Crippen LogP contribution >= 0.6 is 0 Å². The molecule has 1 aliphatic heterocycles. The number of nitrogens with zero attached hydrogens (tertiary/aromatic N) is 5.